The van der Waals surface area contributed by atoms with Gasteiger partial charge < -0.3 is 0 Å². The van der Waals surface area contributed by atoms with Crippen molar-refractivity contribution in [2.75, 3.05) is 5.75 Å². The number of thioether (sulfide) groups is 1. The molecule has 4 heteroatoms. The highest BCUT2D eigenvalue weighted by Crippen LogP contribution is 2.27. The number of hydrogen-bond acceptors (Lipinski definition) is 3. The Balaban J connectivity index is 1.90. The van der Waals surface area contributed by atoms with E-state index < -0.39 is 0 Å². The Labute approximate surface area is 107 Å². The van der Waals surface area contributed by atoms with Gasteiger partial charge in [-0.3, -0.25) is 4.79 Å². The third-order valence-corrected chi connectivity index (χ3v) is 4.23. The van der Waals surface area contributed by atoms with Gasteiger partial charge in [0.2, 0.25) is 0 Å². The average Bonchev–Trinajstić information content (AvgIpc) is 2.35. The molecule has 1 saturated carbocycles. The number of hydrogen-bond donors (Lipinski definition) is 0. The number of rotatable bonds is 4. The molecule has 0 radical (unpaired) electrons. The molecule has 0 aromatic heterocycles. The van der Waals surface area contributed by atoms with E-state index in [1.165, 1.54) is 25.7 Å². The molecular formula is C13H20N2OS. The maximum Gasteiger partial charge on any atom is 0.256 e. The monoisotopic (exact) mass is 252 g/mol. The molecule has 0 aromatic carbocycles. The van der Waals surface area contributed by atoms with Crippen molar-refractivity contribution < 1.29 is 4.79 Å². The summed E-state index contributed by atoms with van der Waals surface area (Å²) in [5, 5.41) is 0.708. The fourth-order valence-corrected chi connectivity index (χ4v) is 3.16. The zero-order chi connectivity index (χ0) is 12.1. The lowest BCUT2D eigenvalue weighted by Crippen LogP contribution is -2.30. The maximum absolute atomic E-state index is 11.8. The van der Waals surface area contributed by atoms with Gasteiger partial charge in [-0.15, -0.1) is 0 Å². The molecule has 0 saturated heterocycles. The number of unbranched alkanes of at least 4 members (excludes halogenated alkanes) is 2. The summed E-state index contributed by atoms with van der Waals surface area (Å²) in [6.07, 6.45) is 7.92. The van der Waals surface area contributed by atoms with Gasteiger partial charge in [-0.05, 0) is 25.7 Å². The quantitative estimate of drug-likeness (QED) is 0.719. The summed E-state index contributed by atoms with van der Waals surface area (Å²) < 4.78 is 0. The van der Waals surface area contributed by atoms with E-state index in [4.69, 9.17) is 0 Å². The highest BCUT2D eigenvalue weighted by molar-refractivity contribution is 8.13. The average molecular weight is 252 g/mol. The van der Waals surface area contributed by atoms with Crippen molar-refractivity contribution in [3.8, 4) is 0 Å². The molecular weight excluding hydrogens is 232 g/mol. The fraction of sp³-hybridized carbons (Fsp3) is 0.769. The van der Waals surface area contributed by atoms with Gasteiger partial charge in [-0.25, -0.2) is 4.99 Å². The predicted molar refractivity (Wildman–Crippen MR) is 73.8 cm³/mol. The summed E-state index contributed by atoms with van der Waals surface area (Å²) in [5.74, 6) is 1.10. The lowest BCUT2D eigenvalue weighted by atomic mass is 9.86. The van der Waals surface area contributed by atoms with Gasteiger partial charge in [0.05, 0.1) is 5.92 Å². The number of nitrogens with zero attached hydrogens (tertiary/aromatic N) is 2. The van der Waals surface area contributed by atoms with Crippen molar-refractivity contribution in [3.63, 3.8) is 0 Å². The molecule has 3 nitrogen and oxygen atoms in total. The first-order valence-electron chi connectivity index (χ1n) is 6.64. The Morgan fingerprint density at radius 3 is 3.00 bits per heavy atom. The topological polar surface area (TPSA) is 41.8 Å². The minimum Gasteiger partial charge on any atom is -0.272 e. The SMILES string of the molecule is CCCCCSC1=NC(=O)C2CCCCC2=N1. The summed E-state index contributed by atoms with van der Waals surface area (Å²) >= 11 is 1.64. The molecule has 1 heterocycles. The molecule has 1 aliphatic carbocycles. The lowest BCUT2D eigenvalue weighted by molar-refractivity contribution is -0.120. The van der Waals surface area contributed by atoms with Gasteiger partial charge in [0.15, 0.2) is 5.17 Å². The second-order valence-corrected chi connectivity index (χ2v) is 5.75. The number of amidine groups is 1. The number of amides is 1. The molecule has 1 unspecified atom stereocenters. The van der Waals surface area contributed by atoms with E-state index in [0.717, 1.165) is 30.7 Å². The Hall–Kier alpha value is -0.640. The van der Waals surface area contributed by atoms with Gasteiger partial charge in [-0.2, -0.15) is 4.99 Å². The van der Waals surface area contributed by atoms with Crippen molar-refractivity contribution in [2.24, 2.45) is 15.9 Å². The zero-order valence-corrected chi connectivity index (χ0v) is 11.3. The van der Waals surface area contributed by atoms with Crippen LogP contribution < -0.4 is 0 Å². The van der Waals surface area contributed by atoms with E-state index in [9.17, 15) is 4.79 Å². The normalized spacial score (nSPS) is 24.1. The van der Waals surface area contributed by atoms with E-state index >= 15 is 0 Å². The Bertz CT molecular complexity index is 349. The number of aliphatic imine (C=N–C) groups is 2. The van der Waals surface area contributed by atoms with Crippen LogP contribution in [0, 0.1) is 5.92 Å². The van der Waals surface area contributed by atoms with Crippen LogP contribution in [0.2, 0.25) is 0 Å². The highest BCUT2D eigenvalue weighted by Gasteiger charge is 2.30. The number of carbonyl (C=O) groups is 1. The molecule has 0 spiro atoms. The molecule has 2 aliphatic rings. The third-order valence-electron chi connectivity index (χ3n) is 3.30. The van der Waals surface area contributed by atoms with E-state index in [1.807, 2.05) is 0 Å². The van der Waals surface area contributed by atoms with Crippen molar-refractivity contribution in [2.45, 2.75) is 51.9 Å². The van der Waals surface area contributed by atoms with Gasteiger partial charge in [0, 0.05) is 11.5 Å². The van der Waals surface area contributed by atoms with Crippen LogP contribution in [0.3, 0.4) is 0 Å². The van der Waals surface area contributed by atoms with Crippen molar-refractivity contribution in [3.05, 3.63) is 0 Å². The van der Waals surface area contributed by atoms with Crippen LogP contribution in [-0.2, 0) is 4.79 Å². The molecule has 0 bridgehead atoms. The highest BCUT2D eigenvalue weighted by atomic mass is 32.2. The minimum atomic E-state index is 0.0174. The first-order chi connectivity index (χ1) is 8.31. The molecule has 1 amide bonds. The zero-order valence-electron chi connectivity index (χ0n) is 10.4. The molecule has 1 fully saturated rings. The van der Waals surface area contributed by atoms with E-state index in [-0.39, 0.29) is 11.8 Å². The summed E-state index contributed by atoms with van der Waals surface area (Å²) in [5.41, 5.74) is 1.09. The lowest BCUT2D eigenvalue weighted by Gasteiger charge is -2.24. The van der Waals surface area contributed by atoms with Crippen LogP contribution in [-0.4, -0.2) is 22.5 Å². The van der Waals surface area contributed by atoms with Crippen LogP contribution in [0.15, 0.2) is 9.98 Å². The molecule has 94 valence electrons. The largest absolute Gasteiger partial charge is 0.272 e. The van der Waals surface area contributed by atoms with Crippen molar-refractivity contribution in [1.82, 2.24) is 0 Å². The molecule has 1 atom stereocenters. The van der Waals surface area contributed by atoms with Crippen LogP contribution in [0.5, 0.6) is 0 Å². The van der Waals surface area contributed by atoms with E-state index in [0.29, 0.717) is 5.17 Å². The number of carbonyl (C=O) groups excluding carboxylic acids is 1. The summed E-state index contributed by atoms with van der Waals surface area (Å²) in [6.45, 7) is 2.19. The third kappa shape index (κ3) is 3.41. The van der Waals surface area contributed by atoms with Gasteiger partial charge in [-0.1, -0.05) is 37.9 Å². The molecule has 1 aliphatic heterocycles. The molecule has 2 rings (SSSR count). The van der Waals surface area contributed by atoms with Crippen LogP contribution in [0.4, 0.5) is 0 Å². The van der Waals surface area contributed by atoms with Gasteiger partial charge in [0.1, 0.15) is 0 Å². The Morgan fingerprint density at radius 1 is 1.29 bits per heavy atom. The van der Waals surface area contributed by atoms with Gasteiger partial charge >= 0.3 is 0 Å². The first-order valence-corrected chi connectivity index (χ1v) is 7.62. The standard InChI is InChI=1S/C13H20N2OS/c1-2-3-6-9-17-13-14-11-8-5-4-7-10(11)12(16)15-13/h10H,2-9H2,1H3. The van der Waals surface area contributed by atoms with Crippen molar-refractivity contribution >= 4 is 28.5 Å². The number of fused-ring (bicyclic) bond motifs is 1. The maximum atomic E-state index is 11.8. The fourth-order valence-electron chi connectivity index (χ4n) is 2.30. The van der Waals surface area contributed by atoms with Gasteiger partial charge in [0.25, 0.3) is 5.91 Å². The second kappa shape index (κ2) is 6.34. The summed E-state index contributed by atoms with van der Waals surface area (Å²) in [6, 6.07) is 0. The van der Waals surface area contributed by atoms with Crippen LogP contribution in [0.1, 0.15) is 51.9 Å². The molecule has 17 heavy (non-hydrogen) atoms. The Kier molecular flexibility index (Phi) is 4.77. The summed E-state index contributed by atoms with van der Waals surface area (Å²) in [7, 11) is 0. The van der Waals surface area contributed by atoms with E-state index in [2.05, 4.69) is 16.9 Å². The second-order valence-electron chi connectivity index (χ2n) is 4.69. The van der Waals surface area contributed by atoms with Crippen LogP contribution >= 0.6 is 11.8 Å². The van der Waals surface area contributed by atoms with E-state index in [1.54, 1.807) is 11.8 Å². The molecule has 0 aromatic rings. The first kappa shape index (κ1) is 12.8. The summed E-state index contributed by atoms with van der Waals surface area (Å²) in [4.78, 5) is 20.5. The van der Waals surface area contributed by atoms with Crippen LogP contribution in [0.25, 0.3) is 0 Å². The Morgan fingerprint density at radius 2 is 2.18 bits per heavy atom. The molecule has 0 N–H and O–H groups in total. The smallest absolute Gasteiger partial charge is 0.256 e. The predicted octanol–water partition coefficient (Wildman–Crippen LogP) is 3.44. The van der Waals surface area contributed by atoms with Crippen molar-refractivity contribution in [1.29, 1.82) is 0 Å². The minimum absolute atomic E-state index is 0.0174.